The fraction of sp³-hybridized carbons (Fsp3) is 0.263. The summed E-state index contributed by atoms with van der Waals surface area (Å²) in [6, 6.07) is 18.2. The van der Waals surface area contributed by atoms with Gasteiger partial charge < -0.3 is 4.74 Å². The van der Waals surface area contributed by atoms with Gasteiger partial charge in [-0.3, -0.25) is 4.99 Å². The van der Waals surface area contributed by atoms with Crippen LogP contribution >= 0.6 is 11.8 Å². The third kappa shape index (κ3) is 3.32. The van der Waals surface area contributed by atoms with E-state index in [2.05, 4.69) is 31.2 Å². The van der Waals surface area contributed by atoms with Gasteiger partial charge in [-0.1, -0.05) is 60.2 Å². The lowest BCUT2D eigenvalue weighted by Gasteiger charge is -2.22. The monoisotopic (exact) mass is 325 g/mol. The molecule has 0 aliphatic carbocycles. The molecule has 1 heterocycles. The molecule has 0 spiro atoms. The van der Waals surface area contributed by atoms with Gasteiger partial charge in [-0.05, 0) is 12.5 Å². The molecule has 0 radical (unpaired) electrons. The molecule has 0 saturated carbocycles. The van der Waals surface area contributed by atoms with Crippen molar-refractivity contribution in [3.63, 3.8) is 0 Å². The highest BCUT2D eigenvalue weighted by atomic mass is 32.2. The van der Waals surface area contributed by atoms with Crippen molar-refractivity contribution in [3.8, 4) is 0 Å². The predicted molar refractivity (Wildman–Crippen MR) is 95.1 cm³/mol. The molecule has 2 aromatic carbocycles. The van der Waals surface area contributed by atoms with Crippen LogP contribution in [0.1, 0.15) is 16.7 Å². The standard InChI is InChI=1S/C19H19NO2S/c1-14-8-10-15(11-9-14)12-19(18(21)22-2)13-23-17(20-19)16-6-4-3-5-7-16/h3-11H,12-13H2,1-2H3/t19-/m0/s1. The van der Waals surface area contributed by atoms with Gasteiger partial charge in [0.05, 0.1) is 12.2 Å². The SMILES string of the molecule is COC(=O)[C@]1(Cc2ccc(C)cc2)CSC(c2ccccc2)=N1. The van der Waals surface area contributed by atoms with E-state index in [1.54, 1.807) is 11.8 Å². The number of nitrogens with zero attached hydrogens (tertiary/aromatic N) is 1. The van der Waals surface area contributed by atoms with Crippen LogP contribution in [0.25, 0.3) is 0 Å². The molecule has 1 aliphatic rings. The van der Waals surface area contributed by atoms with Gasteiger partial charge in [0.15, 0.2) is 5.54 Å². The largest absolute Gasteiger partial charge is 0.467 e. The molecule has 23 heavy (non-hydrogen) atoms. The van der Waals surface area contributed by atoms with Crippen LogP contribution in [0.2, 0.25) is 0 Å². The smallest absolute Gasteiger partial charge is 0.335 e. The summed E-state index contributed by atoms with van der Waals surface area (Å²) in [6.07, 6.45) is 0.559. The van der Waals surface area contributed by atoms with Crippen LogP contribution < -0.4 is 0 Å². The first-order chi connectivity index (χ1) is 11.1. The van der Waals surface area contributed by atoms with Gasteiger partial charge in [0, 0.05) is 17.7 Å². The van der Waals surface area contributed by atoms with Crippen molar-refractivity contribution in [2.24, 2.45) is 4.99 Å². The van der Waals surface area contributed by atoms with Crippen molar-refractivity contribution < 1.29 is 9.53 Å². The first kappa shape index (κ1) is 15.8. The average Bonchev–Trinajstić information content (AvgIpc) is 3.02. The van der Waals surface area contributed by atoms with E-state index >= 15 is 0 Å². The summed E-state index contributed by atoms with van der Waals surface area (Å²) in [4.78, 5) is 17.2. The zero-order valence-corrected chi connectivity index (χ0v) is 14.1. The Balaban J connectivity index is 1.94. The van der Waals surface area contributed by atoms with Crippen molar-refractivity contribution in [1.82, 2.24) is 0 Å². The van der Waals surface area contributed by atoms with Gasteiger partial charge in [0.2, 0.25) is 0 Å². The number of aryl methyl sites for hydroxylation is 1. The number of aliphatic imine (C=N–C) groups is 1. The fourth-order valence-electron chi connectivity index (χ4n) is 2.68. The topological polar surface area (TPSA) is 38.7 Å². The molecule has 0 fully saturated rings. The maximum Gasteiger partial charge on any atom is 0.335 e. The Morgan fingerprint density at radius 1 is 1.17 bits per heavy atom. The summed E-state index contributed by atoms with van der Waals surface area (Å²) in [5.74, 6) is 0.342. The number of benzene rings is 2. The van der Waals surface area contributed by atoms with E-state index in [-0.39, 0.29) is 5.97 Å². The van der Waals surface area contributed by atoms with E-state index in [1.165, 1.54) is 12.7 Å². The summed E-state index contributed by atoms with van der Waals surface area (Å²) < 4.78 is 5.06. The second-order valence-corrected chi connectivity index (χ2v) is 6.72. The number of thioether (sulfide) groups is 1. The molecule has 1 aliphatic heterocycles. The summed E-state index contributed by atoms with van der Waals surface area (Å²) in [5.41, 5.74) is 2.52. The molecule has 0 saturated heterocycles. The fourth-order valence-corrected chi connectivity index (χ4v) is 3.88. The van der Waals surface area contributed by atoms with Gasteiger partial charge in [-0.25, -0.2) is 4.79 Å². The first-order valence-corrected chi connectivity index (χ1v) is 8.53. The highest BCUT2D eigenvalue weighted by Gasteiger charge is 2.44. The van der Waals surface area contributed by atoms with Crippen LogP contribution in [-0.4, -0.2) is 29.4 Å². The number of ether oxygens (including phenoxy) is 1. The zero-order chi connectivity index (χ0) is 16.3. The molecule has 3 nitrogen and oxygen atoms in total. The van der Waals surface area contributed by atoms with Crippen molar-refractivity contribution in [1.29, 1.82) is 0 Å². The van der Waals surface area contributed by atoms with Gasteiger partial charge >= 0.3 is 5.97 Å². The minimum absolute atomic E-state index is 0.267. The van der Waals surface area contributed by atoms with Gasteiger partial charge in [-0.15, -0.1) is 11.8 Å². The predicted octanol–water partition coefficient (Wildman–Crippen LogP) is 3.64. The lowest BCUT2D eigenvalue weighted by atomic mass is 9.93. The van der Waals surface area contributed by atoms with E-state index in [0.29, 0.717) is 12.2 Å². The number of hydrogen-bond donors (Lipinski definition) is 0. The summed E-state index contributed by atoms with van der Waals surface area (Å²) in [7, 11) is 1.43. The third-order valence-electron chi connectivity index (χ3n) is 3.97. The molecule has 2 aromatic rings. The Morgan fingerprint density at radius 3 is 2.52 bits per heavy atom. The second kappa shape index (κ2) is 6.59. The third-order valence-corrected chi connectivity index (χ3v) is 5.19. The normalized spacial score (nSPS) is 20.2. The van der Waals surface area contributed by atoms with E-state index in [9.17, 15) is 4.79 Å². The Morgan fingerprint density at radius 2 is 1.87 bits per heavy atom. The van der Waals surface area contributed by atoms with Crippen LogP contribution in [0.4, 0.5) is 0 Å². The average molecular weight is 325 g/mol. The quantitative estimate of drug-likeness (QED) is 0.806. The minimum Gasteiger partial charge on any atom is -0.467 e. The Bertz CT molecular complexity index is 725. The summed E-state index contributed by atoms with van der Waals surface area (Å²) in [6.45, 7) is 2.05. The molecule has 0 N–H and O–H groups in total. The Labute approximate surface area is 140 Å². The second-order valence-electron chi connectivity index (χ2n) is 5.76. The maximum atomic E-state index is 12.4. The van der Waals surface area contributed by atoms with Crippen molar-refractivity contribution >= 4 is 22.8 Å². The van der Waals surface area contributed by atoms with Crippen LogP contribution in [0.5, 0.6) is 0 Å². The van der Waals surface area contributed by atoms with Crippen LogP contribution in [0.3, 0.4) is 0 Å². The van der Waals surface area contributed by atoms with E-state index < -0.39 is 5.54 Å². The first-order valence-electron chi connectivity index (χ1n) is 7.55. The molecule has 1 atom stereocenters. The molecular formula is C19H19NO2S. The van der Waals surface area contributed by atoms with Gasteiger partial charge in [0.25, 0.3) is 0 Å². The maximum absolute atomic E-state index is 12.4. The van der Waals surface area contributed by atoms with Crippen molar-refractivity contribution in [2.75, 3.05) is 12.9 Å². The summed E-state index contributed by atoms with van der Waals surface area (Å²) >= 11 is 1.62. The Hall–Kier alpha value is -2.07. The van der Waals surface area contributed by atoms with Gasteiger partial charge in [0.1, 0.15) is 0 Å². The molecule has 0 bridgehead atoms. The van der Waals surface area contributed by atoms with Crippen molar-refractivity contribution in [2.45, 2.75) is 18.9 Å². The number of rotatable bonds is 4. The highest BCUT2D eigenvalue weighted by Crippen LogP contribution is 2.34. The number of carbonyl (C=O) groups excluding carboxylic acids is 1. The Kier molecular flexibility index (Phi) is 4.53. The molecule has 0 aromatic heterocycles. The molecule has 0 unspecified atom stereocenters. The molecule has 0 amide bonds. The molecule has 3 rings (SSSR count). The minimum atomic E-state index is -0.833. The van der Waals surface area contributed by atoms with E-state index in [1.807, 2.05) is 30.3 Å². The van der Waals surface area contributed by atoms with E-state index in [4.69, 9.17) is 9.73 Å². The van der Waals surface area contributed by atoms with Crippen LogP contribution in [-0.2, 0) is 16.0 Å². The number of esters is 1. The lowest BCUT2D eigenvalue weighted by Crippen LogP contribution is -2.40. The number of hydrogen-bond acceptors (Lipinski definition) is 4. The number of methoxy groups -OCH3 is 1. The molecular weight excluding hydrogens is 306 g/mol. The molecule has 118 valence electrons. The zero-order valence-electron chi connectivity index (χ0n) is 13.3. The van der Waals surface area contributed by atoms with Crippen molar-refractivity contribution in [3.05, 3.63) is 71.3 Å². The molecule has 4 heteroatoms. The van der Waals surface area contributed by atoms with Gasteiger partial charge in [-0.2, -0.15) is 0 Å². The summed E-state index contributed by atoms with van der Waals surface area (Å²) in [5, 5.41) is 0.906. The lowest BCUT2D eigenvalue weighted by molar-refractivity contribution is -0.145. The van der Waals surface area contributed by atoms with Crippen LogP contribution in [0.15, 0.2) is 59.6 Å². The number of carbonyl (C=O) groups is 1. The highest BCUT2D eigenvalue weighted by molar-refractivity contribution is 8.14. The van der Waals surface area contributed by atoms with Crippen LogP contribution in [0, 0.1) is 6.92 Å². The van der Waals surface area contributed by atoms with E-state index in [0.717, 1.165) is 16.2 Å².